The van der Waals surface area contributed by atoms with Crippen molar-refractivity contribution in [2.45, 2.75) is 25.0 Å². The summed E-state index contributed by atoms with van der Waals surface area (Å²) in [5.74, 6) is 2.31. The van der Waals surface area contributed by atoms with Crippen molar-refractivity contribution in [2.24, 2.45) is 0 Å². The van der Waals surface area contributed by atoms with E-state index >= 15 is 0 Å². The largest absolute Gasteiger partial charge is 1.16 e. The maximum Gasteiger partial charge on any atom is 1.16 e. The van der Waals surface area contributed by atoms with Crippen LogP contribution >= 0.6 is 0 Å². The Bertz CT molecular complexity index is 1890. The number of non-ortho nitro benzene ring substituents is 2. The van der Waals surface area contributed by atoms with E-state index in [0.29, 0.717) is 34.2 Å². The molecule has 0 aromatic heterocycles. The number of benzene rings is 4. The number of ketones is 2. The first-order chi connectivity index (χ1) is 23.8. The van der Waals surface area contributed by atoms with Gasteiger partial charge in [-0.15, -0.1) is 0 Å². The normalized spacial score (nSPS) is 20.1. The van der Waals surface area contributed by atoms with E-state index < -0.39 is 36.3 Å². The molecule has 4 aromatic rings. The van der Waals surface area contributed by atoms with Gasteiger partial charge in [-0.3, -0.25) is 20.2 Å². The van der Waals surface area contributed by atoms with E-state index in [9.17, 15) is 37.5 Å². The van der Waals surface area contributed by atoms with Crippen LogP contribution in [0.1, 0.15) is 56.0 Å². The minimum atomic E-state index is -6.00. The topological polar surface area (TPSA) is 146 Å². The standard InChI is InChI=1S/C32H28BN2O10.BF4/c1-40-27-15-7-23(8-16-27)31-19-29(21-3-11-25(12-4-21)34(36)37)42-33(44-31)43-30(22-5-13-26(14-6-22)35(38)39)20-32(45-33)24-9-17-28(41-2)18-10-24;2-1(3,4)5/h3-18,29,32H,19-20H2,1-2H3;/q+1;-1. The molecule has 0 amide bonds. The zero-order valence-corrected chi connectivity index (χ0v) is 26.4. The van der Waals surface area contributed by atoms with Crippen molar-refractivity contribution in [1.29, 1.82) is 0 Å². The minimum absolute atomic E-state index is 0.0519. The predicted molar refractivity (Wildman–Crippen MR) is 174 cm³/mol. The molecule has 12 nitrogen and oxygen atoms in total. The molecule has 0 aliphatic carbocycles. The molecule has 2 aliphatic heterocycles. The van der Waals surface area contributed by atoms with Gasteiger partial charge in [0.25, 0.3) is 22.9 Å². The zero-order valence-electron chi connectivity index (χ0n) is 26.4. The van der Waals surface area contributed by atoms with Crippen molar-refractivity contribution < 1.29 is 54.6 Å². The summed E-state index contributed by atoms with van der Waals surface area (Å²) in [6.07, 6.45) is -0.701. The lowest BCUT2D eigenvalue weighted by atomic mass is 9.89. The van der Waals surface area contributed by atoms with Crippen molar-refractivity contribution in [3.05, 3.63) is 140 Å². The van der Waals surface area contributed by atoms with E-state index in [1.54, 1.807) is 50.6 Å². The van der Waals surface area contributed by atoms with Crippen molar-refractivity contribution >= 4 is 37.2 Å². The van der Waals surface area contributed by atoms with Gasteiger partial charge in [-0.25, -0.2) is 0 Å². The summed E-state index contributed by atoms with van der Waals surface area (Å²) >= 11 is 0. The third-order valence-corrected chi connectivity index (χ3v) is 7.75. The molecule has 260 valence electrons. The number of ether oxygens (including phenoxy) is 2. The number of hydrogen-bond acceptors (Lipinski definition) is 8. The molecule has 0 saturated carbocycles. The lowest BCUT2D eigenvalue weighted by molar-refractivity contribution is -0.385. The Morgan fingerprint density at radius 2 is 0.960 bits per heavy atom. The van der Waals surface area contributed by atoms with Crippen LogP contribution in [0.3, 0.4) is 0 Å². The fraction of sp³-hybridized carbons (Fsp3) is 0.188. The van der Waals surface area contributed by atoms with Crippen LogP contribution in [0, 0.1) is 20.2 Å². The monoisotopic (exact) mass is 698 g/mol. The molecule has 1 spiro atoms. The third kappa shape index (κ3) is 8.89. The number of rotatable bonds is 8. The van der Waals surface area contributed by atoms with Crippen LogP contribution in [0.5, 0.6) is 11.5 Å². The van der Waals surface area contributed by atoms with E-state index in [1.807, 2.05) is 36.4 Å². The van der Waals surface area contributed by atoms with Crippen molar-refractivity contribution in [3.8, 4) is 11.5 Å². The van der Waals surface area contributed by atoms with E-state index in [0.717, 1.165) is 11.1 Å². The molecule has 2 aliphatic rings. The SMILES string of the molecule is COc1ccc(C2=[O+][B-]3(OC(c4ccc(OC)cc4)CC(c4ccc([N+](=O)[O-])cc4)=[O+]3)OC(c3ccc([N+](=O)[O-])cc3)C2)cc1.F[B-](F)(F)F. The Hall–Kier alpha value is -5.61. The van der Waals surface area contributed by atoms with E-state index in [1.165, 1.54) is 24.3 Å². The first-order valence-corrected chi connectivity index (χ1v) is 15.0. The number of carbonyl (C=O) groups excluding carboxylic acids is 2. The highest BCUT2D eigenvalue weighted by molar-refractivity contribution is 6.51. The maximum atomic E-state index is 11.3. The van der Waals surface area contributed by atoms with Gasteiger partial charge in [0.1, 0.15) is 11.5 Å². The van der Waals surface area contributed by atoms with Gasteiger partial charge < -0.3 is 44.7 Å². The Kier molecular flexibility index (Phi) is 10.6. The molecule has 0 bridgehead atoms. The van der Waals surface area contributed by atoms with E-state index in [4.69, 9.17) is 27.5 Å². The highest BCUT2D eigenvalue weighted by Crippen LogP contribution is 2.41. The quantitative estimate of drug-likeness (QED) is 0.0598. The molecule has 4 aromatic carbocycles. The first kappa shape index (κ1) is 35.7. The summed E-state index contributed by atoms with van der Waals surface area (Å²) in [4.78, 5) is 21.7. The van der Waals surface area contributed by atoms with Crippen molar-refractivity contribution in [1.82, 2.24) is 0 Å². The van der Waals surface area contributed by atoms with Gasteiger partial charge in [0, 0.05) is 24.3 Å². The van der Waals surface area contributed by atoms with Crippen LogP contribution in [-0.2, 0) is 9.31 Å². The molecule has 50 heavy (non-hydrogen) atoms. The van der Waals surface area contributed by atoms with Crippen molar-refractivity contribution in [2.75, 3.05) is 14.2 Å². The molecule has 2 heterocycles. The number of hydrogen-bond donors (Lipinski definition) is 0. The second-order valence-electron chi connectivity index (χ2n) is 11.0. The number of nitrogens with zero attached hydrogens (tertiary/aromatic N) is 2. The summed E-state index contributed by atoms with van der Waals surface area (Å²) < 4.78 is 75.7. The van der Waals surface area contributed by atoms with E-state index in [2.05, 4.69) is 0 Å². The Morgan fingerprint density at radius 3 is 1.32 bits per heavy atom. The van der Waals surface area contributed by atoms with E-state index in [-0.39, 0.29) is 24.2 Å². The molecule has 0 fully saturated rings. The van der Waals surface area contributed by atoms with Crippen LogP contribution in [-0.4, -0.2) is 49.8 Å². The number of halogens is 4. The highest BCUT2D eigenvalue weighted by Gasteiger charge is 2.74. The summed E-state index contributed by atoms with van der Waals surface area (Å²) in [5.41, 5.74) is 2.69. The van der Waals surface area contributed by atoms with Gasteiger partial charge in [-0.1, -0.05) is 12.1 Å². The first-order valence-electron chi connectivity index (χ1n) is 15.0. The van der Waals surface area contributed by atoms with Gasteiger partial charge >= 0.3 is 14.2 Å². The Balaban J connectivity index is 0.000000908. The minimum Gasteiger partial charge on any atom is -0.497 e. The van der Waals surface area contributed by atoms with Crippen molar-refractivity contribution in [3.63, 3.8) is 0 Å². The molecule has 6 rings (SSSR count). The Labute approximate surface area is 282 Å². The molecule has 0 radical (unpaired) electrons. The number of nitro groups is 2. The van der Waals surface area contributed by atoms with Gasteiger partial charge in [-0.05, 0) is 71.8 Å². The molecule has 3 unspecified atom stereocenters. The lowest BCUT2D eigenvalue weighted by Crippen LogP contribution is -2.50. The summed E-state index contributed by atoms with van der Waals surface area (Å²) in [6.45, 7) is -2.98. The Morgan fingerprint density at radius 1 is 0.640 bits per heavy atom. The number of nitro benzene ring substituents is 2. The predicted octanol–water partition coefficient (Wildman–Crippen LogP) is 7.72. The molecular weight excluding hydrogens is 670 g/mol. The van der Waals surface area contributed by atoms with Crippen LogP contribution in [0.15, 0.2) is 97.1 Å². The second-order valence-corrected chi connectivity index (χ2v) is 11.0. The number of methoxy groups -OCH3 is 2. The third-order valence-electron chi connectivity index (χ3n) is 7.75. The van der Waals surface area contributed by atoms with Gasteiger partial charge in [-0.2, -0.15) is 0 Å². The molecule has 3 atom stereocenters. The van der Waals surface area contributed by atoms with Gasteiger partial charge in [0.2, 0.25) is 0 Å². The van der Waals surface area contributed by atoms with Gasteiger partial charge in [0.15, 0.2) is 0 Å². The summed E-state index contributed by atoms with van der Waals surface area (Å²) in [5, 5.41) is 22.6. The lowest BCUT2D eigenvalue weighted by Gasteiger charge is -2.31. The van der Waals surface area contributed by atoms with Crippen LogP contribution < -0.4 is 9.47 Å². The maximum absolute atomic E-state index is 11.3. The molecule has 0 saturated heterocycles. The van der Waals surface area contributed by atoms with Crippen LogP contribution in [0.25, 0.3) is 0 Å². The fourth-order valence-corrected chi connectivity index (χ4v) is 5.39. The molecular formula is C32H28B2F4N2O10. The molecule has 0 N–H and O–H groups in total. The smallest absolute Gasteiger partial charge is 0.497 e. The molecule has 18 heteroatoms. The average Bonchev–Trinajstić information content (AvgIpc) is 3.10. The summed E-state index contributed by atoms with van der Waals surface area (Å²) in [6, 6.07) is 26.8. The van der Waals surface area contributed by atoms with Gasteiger partial charge in [0.05, 0.1) is 60.2 Å². The fourth-order valence-electron chi connectivity index (χ4n) is 5.39. The zero-order chi connectivity index (χ0) is 36.1. The highest BCUT2D eigenvalue weighted by atomic mass is 19.5. The second kappa shape index (κ2) is 14.9. The average molecular weight is 698 g/mol. The van der Waals surface area contributed by atoms with Crippen LogP contribution in [0.4, 0.5) is 28.6 Å². The summed E-state index contributed by atoms with van der Waals surface area (Å²) in [7, 11) is -2.84. The van der Waals surface area contributed by atoms with Crippen LogP contribution in [0.2, 0.25) is 0 Å².